The molecule has 6 nitrogen and oxygen atoms in total. The van der Waals surface area contributed by atoms with Crippen LogP contribution in [-0.4, -0.2) is 43.1 Å². The Morgan fingerprint density at radius 1 is 1.41 bits per heavy atom. The first-order valence-corrected chi connectivity index (χ1v) is 9.03. The van der Waals surface area contributed by atoms with Gasteiger partial charge in [0, 0.05) is 11.2 Å². The second-order valence-corrected chi connectivity index (χ2v) is 11.8. The molecule has 0 saturated heterocycles. The molecule has 102 valence electrons. The standard InChI is InChI=1S/C8H17O6PS2/c1-4-14-8(11)6(5-7(9)10)17(15,16,12-2)13-3/h6H,4-5,15H2,1-3H3,(H,9,10). The molecule has 0 aliphatic heterocycles. The van der Waals surface area contributed by atoms with Crippen molar-refractivity contribution in [1.29, 1.82) is 0 Å². The minimum atomic E-state index is -3.55. The lowest BCUT2D eigenvalue weighted by molar-refractivity contribution is -0.147. The third kappa shape index (κ3) is 4.22. The number of carboxylic acids is 1. The van der Waals surface area contributed by atoms with Crippen LogP contribution in [0.5, 0.6) is 0 Å². The maximum atomic E-state index is 11.7. The number of aliphatic carboxylic acids is 1. The fourth-order valence-corrected chi connectivity index (χ4v) is 3.62. The molecular weight excluding hydrogens is 287 g/mol. The summed E-state index contributed by atoms with van der Waals surface area (Å²) in [6.07, 6.45) is -0.505. The number of rotatable bonds is 7. The molecule has 0 aromatic rings. The van der Waals surface area contributed by atoms with E-state index in [0.29, 0.717) is 0 Å². The molecular formula is C8H17O6PS2. The Hall–Kier alpha value is -0.140. The molecule has 0 spiro atoms. The zero-order chi connectivity index (χ0) is 13.7. The molecule has 0 rings (SSSR count). The Morgan fingerprint density at radius 3 is 2.18 bits per heavy atom. The van der Waals surface area contributed by atoms with Gasteiger partial charge in [-0.2, -0.15) is 7.90 Å². The highest BCUT2D eigenvalue weighted by molar-refractivity contribution is 8.73. The largest absolute Gasteiger partial charge is 0.481 e. The average Bonchev–Trinajstić information content (AvgIpc) is 2.26. The van der Waals surface area contributed by atoms with Crippen molar-refractivity contribution in [3.63, 3.8) is 0 Å². The van der Waals surface area contributed by atoms with Crippen LogP contribution in [0.15, 0.2) is 0 Å². The summed E-state index contributed by atoms with van der Waals surface area (Å²) in [5, 5.41) is 7.65. The summed E-state index contributed by atoms with van der Waals surface area (Å²) in [7, 11) is 1.16. The molecule has 2 unspecified atom stereocenters. The third-order valence-electron chi connectivity index (χ3n) is 2.08. The van der Waals surface area contributed by atoms with Crippen LogP contribution in [-0.2, 0) is 41.8 Å². The van der Waals surface area contributed by atoms with Crippen LogP contribution in [0.4, 0.5) is 0 Å². The van der Waals surface area contributed by atoms with E-state index in [1.807, 2.05) is 0 Å². The number of carboxylic acid groups (broad SMARTS) is 1. The molecule has 2 atom stereocenters. The molecule has 0 saturated carbocycles. The van der Waals surface area contributed by atoms with Crippen molar-refractivity contribution in [3.8, 4) is 0 Å². The summed E-state index contributed by atoms with van der Waals surface area (Å²) in [6.45, 7) is 1.75. The van der Waals surface area contributed by atoms with Crippen LogP contribution in [0, 0.1) is 0 Å². The van der Waals surface area contributed by atoms with Crippen LogP contribution in [0.25, 0.3) is 0 Å². The van der Waals surface area contributed by atoms with Gasteiger partial charge in [-0.15, -0.1) is 0 Å². The Morgan fingerprint density at radius 2 is 1.88 bits per heavy atom. The van der Waals surface area contributed by atoms with Crippen molar-refractivity contribution in [3.05, 3.63) is 0 Å². The molecule has 0 bridgehead atoms. The normalized spacial score (nSPS) is 15.6. The van der Waals surface area contributed by atoms with Crippen LogP contribution in [0.1, 0.15) is 13.3 Å². The van der Waals surface area contributed by atoms with Crippen molar-refractivity contribution in [2.45, 2.75) is 18.6 Å². The van der Waals surface area contributed by atoms with Crippen LogP contribution < -0.4 is 0 Å². The monoisotopic (exact) mass is 304 g/mol. The molecule has 0 aliphatic rings. The minimum absolute atomic E-state index is 0.130. The van der Waals surface area contributed by atoms with Gasteiger partial charge in [-0.05, 0) is 15.4 Å². The fraction of sp³-hybridized carbons (Fsp3) is 0.750. The first-order chi connectivity index (χ1) is 7.70. The van der Waals surface area contributed by atoms with Crippen LogP contribution in [0.3, 0.4) is 0 Å². The molecule has 0 aliphatic carbocycles. The first kappa shape index (κ1) is 16.9. The van der Waals surface area contributed by atoms with Crippen molar-refractivity contribution in [1.82, 2.24) is 0 Å². The Labute approximate surface area is 107 Å². The molecule has 0 radical (unpaired) electrons. The zero-order valence-electron chi connectivity index (χ0n) is 9.87. The van der Waals surface area contributed by atoms with E-state index in [0.717, 1.165) is 0 Å². The highest BCUT2D eigenvalue weighted by Crippen LogP contribution is 2.43. The summed E-state index contributed by atoms with van der Waals surface area (Å²) in [4.78, 5) is 22.5. The molecule has 1 N–H and O–H groups in total. The van der Waals surface area contributed by atoms with Gasteiger partial charge in [0.15, 0.2) is 5.25 Å². The molecule has 0 fully saturated rings. The van der Waals surface area contributed by atoms with Gasteiger partial charge in [-0.3, -0.25) is 18.0 Å². The Kier molecular flexibility index (Phi) is 6.10. The molecule has 0 aromatic heterocycles. The maximum Gasteiger partial charge on any atom is 0.328 e. The summed E-state index contributed by atoms with van der Waals surface area (Å²) >= 11 is 5.20. The number of hydrogen-bond acceptors (Lipinski definition) is 6. The van der Waals surface area contributed by atoms with Gasteiger partial charge in [0.2, 0.25) is 0 Å². The van der Waals surface area contributed by atoms with Gasteiger partial charge in [-0.25, -0.2) is 0 Å². The van der Waals surface area contributed by atoms with Gasteiger partial charge in [0.05, 0.1) is 27.2 Å². The number of carbonyl (C=O) groups excluding carboxylic acids is 1. The van der Waals surface area contributed by atoms with Gasteiger partial charge in [0.1, 0.15) is 0 Å². The fourth-order valence-electron chi connectivity index (χ4n) is 1.10. The maximum absolute atomic E-state index is 11.7. The summed E-state index contributed by atoms with van der Waals surface area (Å²) in [6, 6.07) is 0. The zero-order valence-corrected chi connectivity index (χ0v) is 12.7. The van der Waals surface area contributed by atoms with E-state index >= 15 is 0 Å². The number of ether oxygens (including phenoxy) is 1. The lowest BCUT2D eigenvalue weighted by Crippen LogP contribution is -2.47. The predicted octanol–water partition coefficient (Wildman–Crippen LogP) is 0.457. The smallest absolute Gasteiger partial charge is 0.328 e. The third-order valence-corrected chi connectivity index (χ3v) is 8.43. The number of esters is 1. The quantitative estimate of drug-likeness (QED) is 0.540. The molecule has 0 amide bonds. The van der Waals surface area contributed by atoms with E-state index < -0.39 is 31.5 Å². The second kappa shape index (κ2) is 6.15. The SMILES string of the molecule is CCOC(=O)C(CC(=O)O)S(P)(=S)(OC)OC. The van der Waals surface area contributed by atoms with Gasteiger partial charge < -0.3 is 9.84 Å². The van der Waals surface area contributed by atoms with E-state index in [1.54, 1.807) is 6.92 Å². The predicted molar refractivity (Wildman–Crippen MR) is 71.1 cm³/mol. The summed E-state index contributed by atoms with van der Waals surface area (Å²) < 4.78 is 15.0. The van der Waals surface area contributed by atoms with Crippen molar-refractivity contribution < 1.29 is 27.8 Å². The summed E-state index contributed by atoms with van der Waals surface area (Å²) in [5.41, 5.74) is 0. The van der Waals surface area contributed by atoms with Crippen molar-refractivity contribution >= 4 is 39.5 Å². The average molecular weight is 304 g/mol. The highest BCUT2D eigenvalue weighted by atomic mass is 33.2. The molecule has 0 heterocycles. The van der Waals surface area contributed by atoms with Gasteiger partial charge in [0.25, 0.3) is 0 Å². The minimum Gasteiger partial charge on any atom is -0.481 e. The van der Waals surface area contributed by atoms with Gasteiger partial charge in [-0.1, -0.05) is 0 Å². The van der Waals surface area contributed by atoms with Gasteiger partial charge >= 0.3 is 11.9 Å². The lowest BCUT2D eigenvalue weighted by Gasteiger charge is -2.48. The van der Waals surface area contributed by atoms with E-state index in [2.05, 4.69) is 8.44 Å². The van der Waals surface area contributed by atoms with Crippen LogP contribution >= 0.6 is 8.44 Å². The first-order valence-electron chi connectivity index (χ1n) is 4.67. The number of hydrogen-bond donors (Lipinski definition) is 1. The van der Waals surface area contributed by atoms with E-state index in [4.69, 9.17) is 29.4 Å². The van der Waals surface area contributed by atoms with E-state index in [9.17, 15) is 9.59 Å². The van der Waals surface area contributed by atoms with Crippen LogP contribution in [0.2, 0.25) is 0 Å². The Balaban J connectivity index is 5.38. The van der Waals surface area contributed by atoms with E-state index in [-0.39, 0.29) is 6.61 Å². The highest BCUT2D eigenvalue weighted by Gasteiger charge is 2.40. The second-order valence-electron chi connectivity index (χ2n) is 3.09. The molecule has 17 heavy (non-hydrogen) atoms. The molecule has 9 heteroatoms. The number of carbonyl (C=O) groups is 2. The topological polar surface area (TPSA) is 82.1 Å². The molecule has 0 aromatic carbocycles. The summed E-state index contributed by atoms with van der Waals surface area (Å²) in [5.74, 6) is -1.90. The van der Waals surface area contributed by atoms with E-state index in [1.165, 1.54) is 14.2 Å². The van der Waals surface area contributed by atoms with Crippen molar-refractivity contribution in [2.24, 2.45) is 0 Å². The lowest BCUT2D eigenvalue weighted by atomic mass is 10.3. The Bertz CT molecular complexity index is 361. The van der Waals surface area contributed by atoms with Crippen molar-refractivity contribution in [2.75, 3.05) is 20.8 Å².